The summed E-state index contributed by atoms with van der Waals surface area (Å²) < 4.78 is 2.62. The summed E-state index contributed by atoms with van der Waals surface area (Å²) in [6, 6.07) is 0.0522. The molecule has 0 saturated carbocycles. The lowest BCUT2D eigenvalue weighted by molar-refractivity contribution is -0.164. The Hall–Kier alpha value is -0.400. The Kier molecular flexibility index (Phi) is 6.43. The van der Waals surface area contributed by atoms with Gasteiger partial charge in [0.2, 0.25) is 15.6 Å². The van der Waals surface area contributed by atoms with E-state index in [1.807, 2.05) is 0 Å². The molecular weight excluding hydrogens is 480 g/mol. The molecule has 25 heavy (non-hydrogen) atoms. The van der Waals surface area contributed by atoms with Crippen molar-refractivity contribution < 1.29 is 19.1 Å². The van der Waals surface area contributed by atoms with Crippen molar-refractivity contribution in [1.82, 2.24) is 10.2 Å². The lowest BCUT2D eigenvalue weighted by Crippen LogP contribution is -2.71. The van der Waals surface area contributed by atoms with E-state index in [1.165, 1.54) is 16.7 Å². The number of nitrogens with zero attached hydrogens (tertiary/aromatic N) is 2. The number of amides is 2. The number of halogens is 4. The number of thioether (sulfide) groups is 1. The molecule has 12 heteroatoms. The smallest absolute Gasteiger partial charge is 0.330 e. The molecule has 138 valence electrons. The molecule has 0 radical (unpaired) electrons. The largest absolute Gasteiger partial charge is 0.460 e. The topological polar surface area (TPSA) is 99.5 Å². The maximum absolute atomic E-state index is 12.5. The van der Waals surface area contributed by atoms with Crippen molar-refractivity contribution in [3.05, 3.63) is 0 Å². The normalized spacial score (nSPS) is 31.0. The Morgan fingerprint density at radius 1 is 1.52 bits per heavy atom. The van der Waals surface area contributed by atoms with E-state index in [0.717, 1.165) is 0 Å². The summed E-state index contributed by atoms with van der Waals surface area (Å²) in [4.78, 5) is 37.8. The van der Waals surface area contributed by atoms with Crippen LogP contribution in [0.25, 0.3) is 0 Å². The number of rotatable bonds is 5. The first-order valence-corrected chi connectivity index (χ1v) is 10.1. The minimum Gasteiger partial charge on any atom is -0.460 e. The molecule has 0 aliphatic carbocycles. The van der Waals surface area contributed by atoms with Crippen LogP contribution in [0.5, 0.6) is 0 Å². The fourth-order valence-corrected chi connectivity index (χ4v) is 5.13. The van der Waals surface area contributed by atoms with Crippen LogP contribution in [-0.2, 0) is 19.1 Å². The highest BCUT2D eigenvalue weighted by Crippen LogP contribution is 2.52. The van der Waals surface area contributed by atoms with Gasteiger partial charge in [0.25, 0.3) is 0 Å². The number of nitriles is 1. The van der Waals surface area contributed by atoms with Crippen LogP contribution < -0.4 is 5.32 Å². The monoisotopic (exact) mass is 491 g/mol. The Bertz CT molecular complexity index is 641. The quantitative estimate of drug-likeness (QED) is 0.356. The second kappa shape index (κ2) is 7.69. The highest BCUT2D eigenvalue weighted by atomic mass is 79.9. The maximum atomic E-state index is 12.5. The standard InChI is InChI=1S/C13H13BrCl3N3O4S/c1-12(4-14)8(11(23)24-5-13(15,16)17)20-9(22)7(10(20)25-12)19-6(21)2-3-18/h7-8,10H,2,4-5H2,1H3,(H,19,21). The van der Waals surface area contributed by atoms with Crippen LogP contribution in [0.2, 0.25) is 0 Å². The Morgan fingerprint density at radius 3 is 2.68 bits per heavy atom. The number of carbonyl (C=O) groups excluding carboxylic acids is 3. The zero-order valence-corrected chi connectivity index (χ0v) is 17.5. The Morgan fingerprint density at radius 2 is 2.16 bits per heavy atom. The predicted molar refractivity (Wildman–Crippen MR) is 97.6 cm³/mol. The van der Waals surface area contributed by atoms with Crippen molar-refractivity contribution in [2.24, 2.45) is 0 Å². The molecule has 1 N–H and O–H groups in total. The van der Waals surface area contributed by atoms with E-state index in [2.05, 4.69) is 21.2 Å². The first kappa shape index (κ1) is 20.9. The summed E-state index contributed by atoms with van der Waals surface area (Å²) >= 11 is 21.5. The van der Waals surface area contributed by atoms with Crippen molar-refractivity contribution >= 4 is 80.3 Å². The molecule has 0 aromatic heterocycles. The molecule has 7 nitrogen and oxygen atoms in total. The number of esters is 1. The van der Waals surface area contributed by atoms with Crippen LogP contribution in [0.1, 0.15) is 13.3 Å². The average molecular weight is 494 g/mol. The van der Waals surface area contributed by atoms with Gasteiger partial charge in [-0.25, -0.2) is 4.79 Å². The SMILES string of the molecule is CC1(CBr)SC2C(NC(=O)CC#N)C(=O)N2C1C(=O)OCC(Cl)(Cl)Cl. The van der Waals surface area contributed by atoms with Gasteiger partial charge in [-0.3, -0.25) is 9.59 Å². The third-order valence-corrected chi connectivity index (χ3v) is 7.26. The van der Waals surface area contributed by atoms with Crippen molar-refractivity contribution in [3.8, 4) is 6.07 Å². The minimum absolute atomic E-state index is 0.342. The number of nitrogens with one attached hydrogen (secondary N) is 1. The molecule has 2 heterocycles. The van der Waals surface area contributed by atoms with Gasteiger partial charge in [0, 0.05) is 5.33 Å². The molecule has 0 bridgehead atoms. The van der Waals surface area contributed by atoms with E-state index in [-0.39, 0.29) is 6.42 Å². The number of hydrogen-bond donors (Lipinski definition) is 1. The summed E-state index contributed by atoms with van der Waals surface area (Å²) in [6.45, 7) is 1.36. The van der Waals surface area contributed by atoms with Gasteiger partial charge in [0.05, 0.1) is 10.8 Å². The molecule has 2 aliphatic rings. The van der Waals surface area contributed by atoms with Gasteiger partial charge in [-0.15, -0.1) is 11.8 Å². The molecule has 0 aromatic carbocycles. The zero-order valence-electron chi connectivity index (χ0n) is 12.8. The van der Waals surface area contributed by atoms with Crippen molar-refractivity contribution in [2.75, 3.05) is 11.9 Å². The lowest BCUT2D eigenvalue weighted by atomic mass is 9.96. The van der Waals surface area contributed by atoms with Crippen LogP contribution in [0.3, 0.4) is 0 Å². The van der Waals surface area contributed by atoms with Gasteiger partial charge in [-0.05, 0) is 6.92 Å². The molecule has 2 aliphatic heterocycles. The summed E-state index contributed by atoms with van der Waals surface area (Å²) in [5.41, 5.74) is 0. The van der Waals surface area contributed by atoms with Crippen LogP contribution >= 0.6 is 62.5 Å². The van der Waals surface area contributed by atoms with Crippen LogP contribution in [0.15, 0.2) is 0 Å². The number of fused-ring (bicyclic) bond motifs is 1. The summed E-state index contributed by atoms with van der Waals surface area (Å²) in [5, 5.41) is 11.0. The van der Waals surface area contributed by atoms with Crippen molar-refractivity contribution in [3.63, 3.8) is 0 Å². The van der Waals surface area contributed by atoms with Crippen LogP contribution in [-0.4, -0.2) is 60.6 Å². The van der Waals surface area contributed by atoms with Crippen LogP contribution in [0.4, 0.5) is 0 Å². The Labute approximate surface area is 171 Å². The second-order valence-electron chi connectivity index (χ2n) is 5.71. The Balaban J connectivity index is 2.13. The van der Waals surface area contributed by atoms with E-state index in [9.17, 15) is 14.4 Å². The molecule has 2 rings (SSSR count). The highest BCUT2D eigenvalue weighted by Gasteiger charge is 2.65. The minimum atomic E-state index is -1.75. The first-order chi connectivity index (χ1) is 11.5. The zero-order chi connectivity index (χ0) is 19.0. The van der Waals surface area contributed by atoms with E-state index < -0.39 is 50.4 Å². The number of carbonyl (C=O) groups is 3. The third kappa shape index (κ3) is 4.30. The highest BCUT2D eigenvalue weighted by molar-refractivity contribution is 9.09. The molecule has 2 fully saturated rings. The molecule has 0 spiro atoms. The van der Waals surface area contributed by atoms with Gasteiger partial charge in [0.1, 0.15) is 30.5 Å². The van der Waals surface area contributed by atoms with E-state index in [0.29, 0.717) is 5.33 Å². The summed E-state index contributed by atoms with van der Waals surface area (Å²) in [7, 11) is 0. The number of β-lactam (4-membered cyclic amide) rings is 1. The molecule has 4 atom stereocenters. The number of ether oxygens (including phenoxy) is 1. The molecular formula is C13H13BrCl3N3O4S. The summed E-state index contributed by atoms with van der Waals surface area (Å²) in [5.74, 6) is -1.63. The van der Waals surface area contributed by atoms with Gasteiger partial charge in [-0.1, -0.05) is 50.7 Å². The van der Waals surface area contributed by atoms with E-state index in [1.54, 1.807) is 13.0 Å². The first-order valence-electron chi connectivity index (χ1n) is 7.00. The third-order valence-electron chi connectivity index (χ3n) is 3.75. The van der Waals surface area contributed by atoms with Crippen LogP contribution in [0, 0.1) is 11.3 Å². The van der Waals surface area contributed by atoms with Crippen molar-refractivity contribution in [1.29, 1.82) is 5.26 Å². The second-order valence-corrected chi connectivity index (χ2v) is 10.4. The summed E-state index contributed by atoms with van der Waals surface area (Å²) in [6.07, 6.45) is -0.342. The molecule has 2 saturated heterocycles. The predicted octanol–water partition coefficient (Wildman–Crippen LogP) is 1.74. The van der Waals surface area contributed by atoms with Gasteiger partial charge < -0.3 is 15.0 Å². The molecule has 2 amide bonds. The van der Waals surface area contributed by atoms with E-state index >= 15 is 0 Å². The van der Waals surface area contributed by atoms with Crippen molar-refractivity contribution in [2.45, 2.75) is 39.3 Å². The fraction of sp³-hybridized carbons (Fsp3) is 0.692. The van der Waals surface area contributed by atoms with E-state index in [4.69, 9.17) is 44.8 Å². The van der Waals surface area contributed by atoms with Gasteiger partial charge >= 0.3 is 5.97 Å². The number of alkyl halides is 4. The molecule has 0 aromatic rings. The number of hydrogen-bond acceptors (Lipinski definition) is 6. The average Bonchev–Trinajstić information content (AvgIpc) is 2.81. The fourth-order valence-electron chi connectivity index (χ4n) is 2.65. The molecule has 4 unspecified atom stereocenters. The van der Waals surface area contributed by atoms with Gasteiger partial charge in [-0.2, -0.15) is 5.26 Å². The lowest BCUT2D eigenvalue weighted by Gasteiger charge is -2.43. The maximum Gasteiger partial charge on any atom is 0.330 e. The van der Waals surface area contributed by atoms with Gasteiger partial charge in [0.15, 0.2) is 0 Å².